The molecular formula is C15H26N2O2. The molecule has 0 saturated heterocycles. The first kappa shape index (κ1) is 15.7. The molecule has 0 amide bonds. The van der Waals surface area contributed by atoms with Crippen LogP contribution in [0, 0.1) is 0 Å². The van der Waals surface area contributed by atoms with Gasteiger partial charge in [-0.15, -0.1) is 0 Å². The lowest BCUT2D eigenvalue weighted by Gasteiger charge is -2.06. The minimum Gasteiger partial charge on any atom is -0.493 e. The van der Waals surface area contributed by atoms with Crippen molar-refractivity contribution in [2.45, 2.75) is 65.3 Å². The third-order valence-corrected chi connectivity index (χ3v) is 3.35. The number of nitrogens with zero attached hydrogens (tertiary/aromatic N) is 2. The molecule has 0 fully saturated rings. The maximum absolute atomic E-state index is 12.2. The lowest BCUT2D eigenvalue weighted by atomic mass is 10.1. The second-order valence-corrected chi connectivity index (χ2v) is 4.82. The number of unbranched alkanes of at least 4 members (excludes halogenated alkanes) is 5. The summed E-state index contributed by atoms with van der Waals surface area (Å²) in [6.07, 6.45) is 9.36. The van der Waals surface area contributed by atoms with Gasteiger partial charge in [-0.05, 0) is 13.3 Å². The van der Waals surface area contributed by atoms with Crippen LogP contribution < -0.4 is 4.74 Å². The Kier molecular flexibility index (Phi) is 7.23. The summed E-state index contributed by atoms with van der Waals surface area (Å²) in [6, 6.07) is 0. The number of ketones is 1. The number of aromatic nitrogens is 2. The second-order valence-electron chi connectivity index (χ2n) is 4.82. The summed E-state index contributed by atoms with van der Waals surface area (Å²) >= 11 is 0. The van der Waals surface area contributed by atoms with Gasteiger partial charge in [-0.25, -0.2) is 0 Å². The summed E-state index contributed by atoms with van der Waals surface area (Å²) in [6.45, 7) is 4.89. The second kappa shape index (κ2) is 8.73. The highest BCUT2D eigenvalue weighted by Gasteiger charge is 2.17. The number of carbonyl (C=O) groups is 1. The van der Waals surface area contributed by atoms with E-state index in [1.807, 2.05) is 6.92 Å². The molecule has 1 heterocycles. The zero-order valence-electron chi connectivity index (χ0n) is 12.4. The number of hydrogen-bond donors (Lipinski definition) is 0. The Morgan fingerprint density at radius 1 is 1.21 bits per heavy atom. The van der Waals surface area contributed by atoms with Crippen molar-refractivity contribution >= 4 is 5.78 Å². The molecule has 0 N–H and O–H groups in total. The van der Waals surface area contributed by atoms with E-state index in [9.17, 15) is 4.79 Å². The zero-order chi connectivity index (χ0) is 14.1. The van der Waals surface area contributed by atoms with Gasteiger partial charge in [0.25, 0.3) is 0 Å². The Hall–Kier alpha value is -1.32. The fourth-order valence-corrected chi connectivity index (χ4v) is 2.22. The van der Waals surface area contributed by atoms with Gasteiger partial charge in [0.2, 0.25) is 0 Å². The summed E-state index contributed by atoms with van der Waals surface area (Å²) < 4.78 is 6.92. The molecule has 4 heteroatoms. The molecule has 1 rings (SSSR count). The Bertz CT molecular complexity index is 364. The van der Waals surface area contributed by atoms with E-state index >= 15 is 0 Å². The average molecular weight is 266 g/mol. The van der Waals surface area contributed by atoms with Crippen molar-refractivity contribution in [2.75, 3.05) is 7.11 Å². The highest BCUT2D eigenvalue weighted by Crippen LogP contribution is 2.20. The molecule has 108 valence electrons. The molecule has 4 nitrogen and oxygen atoms in total. The number of hydrogen-bond acceptors (Lipinski definition) is 3. The van der Waals surface area contributed by atoms with E-state index in [-0.39, 0.29) is 5.78 Å². The van der Waals surface area contributed by atoms with Gasteiger partial charge in [-0.2, -0.15) is 5.10 Å². The van der Waals surface area contributed by atoms with Crippen LogP contribution in [0.5, 0.6) is 5.75 Å². The molecule has 0 bridgehead atoms. The average Bonchev–Trinajstić information content (AvgIpc) is 2.85. The van der Waals surface area contributed by atoms with E-state index in [0.717, 1.165) is 12.8 Å². The van der Waals surface area contributed by atoms with Crippen LogP contribution in [0.4, 0.5) is 0 Å². The molecule has 0 saturated carbocycles. The van der Waals surface area contributed by atoms with Gasteiger partial charge >= 0.3 is 0 Å². The summed E-state index contributed by atoms with van der Waals surface area (Å²) in [5.74, 6) is 0.740. The van der Waals surface area contributed by atoms with Crippen LogP contribution >= 0.6 is 0 Å². The first-order valence-corrected chi connectivity index (χ1v) is 7.37. The zero-order valence-corrected chi connectivity index (χ0v) is 12.4. The molecule has 19 heavy (non-hydrogen) atoms. The van der Waals surface area contributed by atoms with E-state index in [0.29, 0.717) is 24.4 Å². The fourth-order valence-electron chi connectivity index (χ4n) is 2.22. The monoisotopic (exact) mass is 266 g/mol. The number of rotatable bonds is 10. The van der Waals surface area contributed by atoms with E-state index < -0.39 is 0 Å². The van der Waals surface area contributed by atoms with Crippen molar-refractivity contribution in [3.05, 3.63) is 11.9 Å². The van der Waals surface area contributed by atoms with Gasteiger partial charge in [-0.3, -0.25) is 9.48 Å². The van der Waals surface area contributed by atoms with Gasteiger partial charge in [0.05, 0.1) is 13.3 Å². The normalized spacial score (nSPS) is 10.7. The summed E-state index contributed by atoms with van der Waals surface area (Å²) in [7, 11) is 1.58. The number of Topliss-reactive ketones (excluding diaryl/α,β-unsaturated/α-hetero) is 1. The number of ether oxygens (including phenoxy) is 1. The molecule has 0 atom stereocenters. The Labute approximate surface area is 116 Å². The first-order valence-electron chi connectivity index (χ1n) is 7.37. The minimum atomic E-state index is 0.145. The summed E-state index contributed by atoms with van der Waals surface area (Å²) in [5.41, 5.74) is 0.624. The van der Waals surface area contributed by atoms with Crippen LogP contribution in [-0.2, 0) is 6.54 Å². The third-order valence-electron chi connectivity index (χ3n) is 3.35. The Morgan fingerprint density at radius 2 is 1.89 bits per heavy atom. The maximum Gasteiger partial charge on any atom is 0.184 e. The van der Waals surface area contributed by atoms with E-state index in [1.165, 1.54) is 25.7 Å². The van der Waals surface area contributed by atoms with E-state index in [2.05, 4.69) is 12.0 Å². The molecule has 0 aliphatic rings. The van der Waals surface area contributed by atoms with Gasteiger partial charge in [0, 0.05) is 13.0 Å². The fraction of sp³-hybridized carbons (Fsp3) is 0.733. The van der Waals surface area contributed by atoms with Gasteiger partial charge in [-0.1, -0.05) is 39.0 Å². The molecule has 0 aliphatic carbocycles. The number of carbonyl (C=O) groups excluding carboxylic acids is 1. The largest absolute Gasteiger partial charge is 0.493 e. The number of methoxy groups -OCH3 is 1. The van der Waals surface area contributed by atoms with Crippen LogP contribution in [0.2, 0.25) is 0 Å². The minimum absolute atomic E-state index is 0.145. The van der Waals surface area contributed by atoms with E-state index in [1.54, 1.807) is 18.0 Å². The molecule has 0 unspecified atom stereocenters. The molecule has 1 aromatic rings. The Balaban J connectivity index is 2.42. The van der Waals surface area contributed by atoms with Gasteiger partial charge < -0.3 is 4.74 Å². The van der Waals surface area contributed by atoms with Crippen LogP contribution in [0.1, 0.15) is 69.3 Å². The van der Waals surface area contributed by atoms with Crippen molar-refractivity contribution in [1.29, 1.82) is 0 Å². The molecule has 0 radical (unpaired) electrons. The molecule has 1 aromatic heterocycles. The van der Waals surface area contributed by atoms with Crippen molar-refractivity contribution in [1.82, 2.24) is 9.78 Å². The van der Waals surface area contributed by atoms with E-state index in [4.69, 9.17) is 4.74 Å². The smallest absolute Gasteiger partial charge is 0.184 e. The van der Waals surface area contributed by atoms with Gasteiger partial charge in [0.1, 0.15) is 5.69 Å². The lowest BCUT2D eigenvalue weighted by Crippen LogP contribution is -2.10. The first-order chi connectivity index (χ1) is 9.24. The van der Waals surface area contributed by atoms with Gasteiger partial charge in [0.15, 0.2) is 11.5 Å². The lowest BCUT2D eigenvalue weighted by molar-refractivity contribution is 0.0965. The summed E-state index contributed by atoms with van der Waals surface area (Å²) in [5, 5.41) is 4.17. The van der Waals surface area contributed by atoms with Crippen LogP contribution in [-0.4, -0.2) is 22.7 Å². The highest BCUT2D eigenvalue weighted by molar-refractivity contribution is 5.96. The topological polar surface area (TPSA) is 44.1 Å². The van der Waals surface area contributed by atoms with Crippen molar-refractivity contribution in [2.24, 2.45) is 0 Å². The van der Waals surface area contributed by atoms with Crippen LogP contribution in [0.3, 0.4) is 0 Å². The highest BCUT2D eigenvalue weighted by atomic mass is 16.5. The third kappa shape index (κ3) is 4.69. The predicted molar refractivity (Wildman–Crippen MR) is 76.8 cm³/mol. The maximum atomic E-state index is 12.2. The predicted octanol–water partition coefficient (Wildman–Crippen LogP) is 3.84. The van der Waals surface area contributed by atoms with Crippen LogP contribution in [0.15, 0.2) is 6.20 Å². The van der Waals surface area contributed by atoms with Crippen molar-refractivity contribution < 1.29 is 9.53 Å². The Morgan fingerprint density at radius 3 is 2.53 bits per heavy atom. The van der Waals surface area contributed by atoms with Crippen LogP contribution in [0.25, 0.3) is 0 Å². The molecule has 0 spiro atoms. The summed E-state index contributed by atoms with van der Waals surface area (Å²) in [4.78, 5) is 12.2. The standard InChI is InChI=1S/C15H26N2O2/c1-4-6-7-8-9-10-11-13(18)15-14(19-3)12-16-17(15)5-2/h12H,4-11H2,1-3H3. The molecule has 0 aliphatic heterocycles. The molecular weight excluding hydrogens is 240 g/mol. The SMILES string of the molecule is CCCCCCCCC(=O)c1c(OC)cnn1CC. The molecule has 0 aromatic carbocycles. The quantitative estimate of drug-likeness (QED) is 0.477. The number of aryl methyl sites for hydroxylation is 1. The van der Waals surface area contributed by atoms with Crippen molar-refractivity contribution in [3.8, 4) is 5.75 Å². The van der Waals surface area contributed by atoms with Crippen molar-refractivity contribution in [3.63, 3.8) is 0 Å².